The van der Waals surface area contributed by atoms with Gasteiger partial charge in [0.25, 0.3) is 0 Å². The molecule has 1 fully saturated rings. The summed E-state index contributed by atoms with van der Waals surface area (Å²) in [6.07, 6.45) is 8.32. The molecule has 1 heterocycles. The first-order valence-corrected chi connectivity index (χ1v) is 7.65. The molecule has 1 saturated carbocycles. The first kappa shape index (κ1) is 14.6. The summed E-state index contributed by atoms with van der Waals surface area (Å²) in [7, 11) is 0. The van der Waals surface area contributed by atoms with E-state index in [-0.39, 0.29) is 0 Å². The molecule has 1 N–H and O–H groups in total. The van der Waals surface area contributed by atoms with Crippen LogP contribution in [0.15, 0.2) is 12.3 Å². The first-order chi connectivity index (χ1) is 9.29. The van der Waals surface area contributed by atoms with Crippen molar-refractivity contribution in [1.29, 1.82) is 0 Å². The molecule has 0 spiro atoms. The fourth-order valence-corrected chi connectivity index (χ4v) is 2.66. The van der Waals surface area contributed by atoms with Crippen LogP contribution in [0.1, 0.15) is 44.6 Å². The lowest BCUT2D eigenvalue weighted by Crippen LogP contribution is -2.16. The highest BCUT2D eigenvalue weighted by atomic mass is 35.5. The van der Waals surface area contributed by atoms with E-state index in [1.165, 1.54) is 32.1 Å². The second-order valence-electron chi connectivity index (χ2n) is 5.21. The van der Waals surface area contributed by atoms with Gasteiger partial charge < -0.3 is 10.1 Å². The molecule has 1 aliphatic rings. The molecular formula is C15H23ClN2O. The molecule has 0 amide bonds. The van der Waals surface area contributed by atoms with Crippen molar-refractivity contribution in [2.75, 3.05) is 13.2 Å². The Bertz CT molecular complexity index is 392. The van der Waals surface area contributed by atoms with Crippen molar-refractivity contribution in [3.63, 3.8) is 0 Å². The third-order valence-electron chi connectivity index (χ3n) is 3.67. The Hall–Kier alpha value is -0.800. The lowest BCUT2D eigenvalue weighted by atomic mass is 9.90. The third kappa shape index (κ3) is 4.66. The molecule has 0 aromatic carbocycles. The van der Waals surface area contributed by atoms with Gasteiger partial charge in [-0.3, -0.25) is 0 Å². The summed E-state index contributed by atoms with van der Waals surface area (Å²) in [6, 6.07) is 1.95. The van der Waals surface area contributed by atoms with E-state index in [1.807, 2.05) is 6.07 Å². The summed E-state index contributed by atoms with van der Waals surface area (Å²) in [5.41, 5.74) is 1.05. The quantitative estimate of drug-likeness (QED) is 0.862. The van der Waals surface area contributed by atoms with Crippen molar-refractivity contribution in [3.05, 3.63) is 22.8 Å². The molecule has 1 aliphatic carbocycles. The fraction of sp³-hybridized carbons (Fsp3) is 0.667. The van der Waals surface area contributed by atoms with Crippen LogP contribution in [0.3, 0.4) is 0 Å². The maximum absolute atomic E-state index is 6.12. The zero-order valence-corrected chi connectivity index (χ0v) is 12.4. The Morgan fingerprint density at radius 1 is 1.37 bits per heavy atom. The number of hydrogen-bond acceptors (Lipinski definition) is 3. The number of nitrogens with zero attached hydrogens (tertiary/aromatic N) is 1. The Balaban J connectivity index is 1.88. The SMILES string of the molecule is CCNCc1cc(OCC2CCCCC2)ncc1Cl. The van der Waals surface area contributed by atoms with Gasteiger partial charge in [-0.25, -0.2) is 4.98 Å². The molecule has 106 valence electrons. The Labute approximate surface area is 120 Å². The second-order valence-corrected chi connectivity index (χ2v) is 5.62. The minimum atomic E-state index is 0.697. The average Bonchev–Trinajstić information content (AvgIpc) is 2.46. The summed E-state index contributed by atoms with van der Waals surface area (Å²) in [4.78, 5) is 4.25. The molecule has 1 aromatic heterocycles. The number of ether oxygens (including phenoxy) is 1. The van der Waals surface area contributed by atoms with Crippen LogP contribution in [0.5, 0.6) is 5.88 Å². The highest BCUT2D eigenvalue weighted by Crippen LogP contribution is 2.25. The Morgan fingerprint density at radius 3 is 2.89 bits per heavy atom. The van der Waals surface area contributed by atoms with E-state index in [4.69, 9.17) is 16.3 Å². The van der Waals surface area contributed by atoms with Crippen LogP contribution >= 0.6 is 11.6 Å². The van der Waals surface area contributed by atoms with Gasteiger partial charge in [-0.05, 0) is 30.9 Å². The lowest BCUT2D eigenvalue weighted by Gasteiger charge is -2.21. The predicted octanol–water partition coefficient (Wildman–Crippen LogP) is 3.80. The van der Waals surface area contributed by atoms with Crippen LogP contribution in [-0.2, 0) is 6.54 Å². The largest absolute Gasteiger partial charge is 0.477 e. The average molecular weight is 283 g/mol. The minimum absolute atomic E-state index is 0.697. The van der Waals surface area contributed by atoms with Gasteiger partial charge in [0, 0.05) is 18.8 Å². The van der Waals surface area contributed by atoms with Crippen molar-refractivity contribution >= 4 is 11.6 Å². The second kappa shape index (κ2) is 7.71. The molecule has 0 atom stereocenters. The summed E-state index contributed by atoms with van der Waals surface area (Å²) in [6.45, 7) is 4.55. The van der Waals surface area contributed by atoms with Gasteiger partial charge in [-0.2, -0.15) is 0 Å². The standard InChI is InChI=1S/C15H23ClN2O/c1-2-17-9-13-8-15(18-10-14(13)16)19-11-12-6-4-3-5-7-12/h8,10,12,17H,2-7,9,11H2,1H3. The number of hydrogen-bond donors (Lipinski definition) is 1. The molecule has 0 aliphatic heterocycles. The number of pyridine rings is 1. The van der Waals surface area contributed by atoms with E-state index in [0.717, 1.165) is 25.3 Å². The molecule has 0 bridgehead atoms. The van der Waals surface area contributed by atoms with Crippen LogP contribution in [0.25, 0.3) is 0 Å². The third-order valence-corrected chi connectivity index (χ3v) is 4.01. The molecule has 0 saturated heterocycles. The topological polar surface area (TPSA) is 34.1 Å². The molecule has 2 rings (SSSR count). The number of nitrogens with one attached hydrogen (secondary N) is 1. The molecule has 4 heteroatoms. The number of aromatic nitrogens is 1. The molecule has 1 aromatic rings. The molecule has 19 heavy (non-hydrogen) atoms. The van der Waals surface area contributed by atoms with Crippen molar-refractivity contribution < 1.29 is 4.74 Å². The highest BCUT2D eigenvalue weighted by Gasteiger charge is 2.14. The molecule has 0 radical (unpaired) electrons. The number of halogens is 1. The lowest BCUT2D eigenvalue weighted by molar-refractivity contribution is 0.202. The van der Waals surface area contributed by atoms with E-state index in [0.29, 0.717) is 16.8 Å². The highest BCUT2D eigenvalue weighted by molar-refractivity contribution is 6.31. The van der Waals surface area contributed by atoms with E-state index in [1.54, 1.807) is 6.20 Å². The monoisotopic (exact) mass is 282 g/mol. The van der Waals surface area contributed by atoms with Crippen molar-refractivity contribution in [2.24, 2.45) is 5.92 Å². The van der Waals surface area contributed by atoms with Crippen LogP contribution in [0, 0.1) is 5.92 Å². The normalized spacial score (nSPS) is 16.5. The zero-order valence-electron chi connectivity index (χ0n) is 11.6. The van der Waals surface area contributed by atoms with Crippen LogP contribution in [0.2, 0.25) is 5.02 Å². The summed E-state index contributed by atoms with van der Waals surface area (Å²) >= 11 is 6.12. The predicted molar refractivity (Wildman–Crippen MR) is 78.7 cm³/mol. The smallest absolute Gasteiger partial charge is 0.213 e. The van der Waals surface area contributed by atoms with E-state index >= 15 is 0 Å². The molecule has 3 nitrogen and oxygen atoms in total. The van der Waals surface area contributed by atoms with E-state index in [2.05, 4.69) is 17.2 Å². The van der Waals surface area contributed by atoms with Crippen LogP contribution < -0.4 is 10.1 Å². The Morgan fingerprint density at radius 2 is 2.16 bits per heavy atom. The van der Waals surface area contributed by atoms with E-state index in [9.17, 15) is 0 Å². The summed E-state index contributed by atoms with van der Waals surface area (Å²) < 4.78 is 5.82. The number of rotatable bonds is 6. The first-order valence-electron chi connectivity index (χ1n) is 7.27. The fourth-order valence-electron chi connectivity index (χ4n) is 2.49. The van der Waals surface area contributed by atoms with Gasteiger partial charge in [0.2, 0.25) is 5.88 Å². The summed E-state index contributed by atoms with van der Waals surface area (Å²) in [5.74, 6) is 1.39. The van der Waals surface area contributed by atoms with Crippen molar-refractivity contribution in [1.82, 2.24) is 10.3 Å². The van der Waals surface area contributed by atoms with Crippen LogP contribution in [-0.4, -0.2) is 18.1 Å². The maximum atomic E-state index is 6.12. The van der Waals surface area contributed by atoms with Crippen molar-refractivity contribution in [2.45, 2.75) is 45.6 Å². The van der Waals surface area contributed by atoms with Gasteiger partial charge in [-0.1, -0.05) is 37.8 Å². The molecule has 0 unspecified atom stereocenters. The van der Waals surface area contributed by atoms with Gasteiger partial charge >= 0.3 is 0 Å². The van der Waals surface area contributed by atoms with Gasteiger partial charge in [0.05, 0.1) is 11.6 Å². The van der Waals surface area contributed by atoms with Crippen LogP contribution in [0.4, 0.5) is 0 Å². The minimum Gasteiger partial charge on any atom is -0.477 e. The zero-order chi connectivity index (χ0) is 13.5. The van der Waals surface area contributed by atoms with Gasteiger partial charge in [0.1, 0.15) is 0 Å². The van der Waals surface area contributed by atoms with Crippen molar-refractivity contribution in [3.8, 4) is 5.88 Å². The van der Waals surface area contributed by atoms with Gasteiger partial charge in [0.15, 0.2) is 0 Å². The Kier molecular flexibility index (Phi) is 5.93. The summed E-state index contributed by atoms with van der Waals surface area (Å²) in [5, 5.41) is 3.97. The maximum Gasteiger partial charge on any atom is 0.213 e. The van der Waals surface area contributed by atoms with E-state index < -0.39 is 0 Å². The molecular weight excluding hydrogens is 260 g/mol. The van der Waals surface area contributed by atoms with Gasteiger partial charge in [-0.15, -0.1) is 0 Å².